The molecule has 1 aromatic carbocycles. The quantitative estimate of drug-likeness (QED) is 0.424. The highest BCUT2D eigenvalue weighted by molar-refractivity contribution is 9.10. The van der Waals surface area contributed by atoms with E-state index in [0.29, 0.717) is 0 Å². The highest BCUT2D eigenvalue weighted by Gasteiger charge is 2.20. The van der Waals surface area contributed by atoms with Gasteiger partial charge in [0.25, 0.3) is 0 Å². The Hall–Kier alpha value is -0.160. The van der Waals surface area contributed by atoms with Crippen LogP contribution in [0.25, 0.3) is 0 Å². The lowest BCUT2D eigenvalue weighted by Crippen LogP contribution is -1.98. The topological polar surface area (TPSA) is 0 Å². The summed E-state index contributed by atoms with van der Waals surface area (Å²) >= 11 is 3.63. The number of halogens is 4. The van der Waals surface area contributed by atoms with Gasteiger partial charge in [0.1, 0.15) is 5.82 Å². The lowest BCUT2D eigenvalue weighted by Gasteiger charge is -2.07. The molecule has 0 N–H and O–H groups in total. The van der Waals surface area contributed by atoms with Crippen molar-refractivity contribution in [2.24, 2.45) is 0 Å². The van der Waals surface area contributed by atoms with Crippen LogP contribution in [0, 0.1) is 24.4 Å². The summed E-state index contributed by atoms with van der Waals surface area (Å²) in [7, 11) is 0. The predicted molar refractivity (Wildman–Crippen MR) is 50.5 cm³/mol. The molecule has 0 atom stereocenters. The fourth-order valence-electron chi connectivity index (χ4n) is 0.903. The number of thioether (sulfide) groups is 1. The van der Waals surface area contributed by atoms with Gasteiger partial charge in [0, 0.05) is 5.56 Å². The van der Waals surface area contributed by atoms with Crippen LogP contribution in [0.5, 0.6) is 0 Å². The standard InChI is InChI=1S/C8H6BrF3S/c1-3-4(9)6(11)7(12)8(13-2)5(3)10/h1-2H3. The minimum Gasteiger partial charge on any atom is -0.205 e. The molecule has 1 aromatic rings. The van der Waals surface area contributed by atoms with Crippen LogP contribution in [0.15, 0.2) is 9.37 Å². The molecule has 72 valence electrons. The van der Waals surface area contributed by atoms with Crippen molar-refractivity contribution in [1.29, 1.82) is 0 Å². The Morgan fingerprint density at radius 1 is 1.08 bits per heavy atom. The molecule has 0 aliphatic rings. The highest BCUT2D eigenvalue weighted by Crippen LogP contribution is 2.33. The van der Waals surface area contributed by atoms with Crippen LogP contribution in [-0.4, -0.2) is 6.26 Å². The lowest BCUT2D eigenvalue weighted by molar-refractivity contribution is 0.459. The van der Waals surface area contributed by atoms with E-state index in [1.165, 1.54) is 13.2 Å². The van der Waals surface area contributed by atoms with Gasteiger partial charge in [-0.1, -0.05) is 0 Å². The molecule has 1 rings (SSSR count). The Morgan fingerprint density at radius 3 is 2.08 bits per heavy atom. The second-order valence-electron chi connectivity index (χ2n) is 2.41. The van der Waals surface area contributed by atoms with Crippen molar-refractivity contribution in [2.75, 3.05) is 6.26 Å². The molecule has 13 heavy (non-hydrogen) atoms. The van der Waals surface area contributed by atoms with Crippen LogP contribution in [0.1, 0.15) is 5.56 Å². The van der Waals surface area contributed by atoms with E-state index in [2.05, 4.69) is 15.9 Å². The maximum atomic E-state index is 13.2. The first kappa shape index (κ1) is 10.9. The number of hydrogen-bond donors (Lipinski definition) is 0. The second-order valence-corrected chi connectivity index (χ2v) is 4.02. The van der Waals surface area contributed by atoms with E-state index in [1.807, 2.05) is 0 Å². The molecule has 0 amide bonds. The monoisotopic (exact) mass is 270 g/mol. The van der Waals surface area contributed by atoms with Crippen molar-refractivity contribution >= 4 is 27.7 Å². The minimum atomic E-state index is -1.14. The molecule has 0 aromatic heterocycles. The van der Waals surface area contributed by atoms with E-state index in [4.69, 9.17) is 0 Å². The molecule has 0 radical (unpaired) electrons. The zero-order chi connectivity index (χ0) is 10.2. The smallest absolute Gasteiger partial charge is 0.176 e. The first-order valence-electron chi connectivity index (χ1n) is 3.37. The van der Waals surface area contributed by atoms with Crippen molar-refractivity contribution in [3.05, 3.63) is 27.5 Å². The maximum absolute atomic E-state index is 13.2. The van der Waals surface area contributed by atoms with Gasteiger partial charge in [0.05, 0.1) is 9.37 Å². The predicted octanol–water partition coefficient (Wildman–Crippen LogP) is 3.90. The van der Waals surface area contributed by atoms with Crippen molar-refractivity contribution in [3.63, 3.8) is 0 Å². The maximum Gasteiger partial charge on any atom is 0.176 e. The summed E-state index contributed by atoms with van der Waals surface area (Å²) in [5.41, 5.74) is 0.0863. The SMILES string of the molecule is CSc1c(F)c(C)c(Br)c(F)c1F. The average molecular weight is 271 g/mol. The van der Waals surface area contributed by atoms with Crippen molar-refractivity contribution in [1.82, 2.24) is 0 Å². The third-order valence-corrected chi connectivity index (χ3v) is 3.36. The van der Waals surface area contributed by atoms with Crippen molar-refractivity contribution < 1.29 is 13.2 Å². The van der Waals surface area contributed by atoms with Crippen LogP contribution >= 0.6 is 27.7 Å². The average Bonchev–Trinajstić information content (AvgIpc) is 2.13. The van der Waals surface area contributed by atoms with Gasteiger partial charge >= 0.3 is 0 Å². The van der Waals surface area contributed by atoms with Crippen molar-refractivity contribution in [3.8, 4) is 0 Å². The fourth-order valence-corrected chi connectivity index (χ4v) is 1.85. The van der Waals surface area contributed by atoms with Crippen LogP contribution in [0.4, 0.5) is 13.2 Å². The molecule has 0 aliphatic heterocycles. The summed E-state index contributed by atoms with van der Waals surface area (Å²) in [4.78, 5) is -0.279. The summed E-state index contributed by atoms with van der Waals surface area (Å²) < 4.78 is 39.1. The molecule has 0 saturated heterocycles. The number of hydrogen-bond acceptors (Lipinski definition) is 1. The summed E-state index contributed by atoms with van der Waals surface area (Å²) in [6.45, 7) is 1.39. The molecule has 0 fully saturated rings. The lowest BCUT2D eigenvalue weighted by atomic mass is 10.2. The Bertz CT molecular complexity index is 323. The molecule has 0 heterocycles. The highest BCUT2D eigenvalue weighted by atomic mass is 79.9. The molecule has 0 aliphatic carbocycles. The zero-order valence-electron chi connectivity index (χ0n) is 6.92. The molecule has 0 bridgehead atoms. The Kier molecular flexibility index (Phi) is 3.29. The van der Waals surface area contributed by atoms with E-state index >= 15 is 0 Å². The van der Waals surface area contributed by atoms with E-state index < -0.39 is 17.5 Å². The summed E-state index contributed by atoms with van der Waals surface area (Å²) in [6, 6.07) is 0. The summed E-state index contributed by atoms with van der Waals surface area (Å²) in [5, 5.41) is 0. The van der Waals surface area contributed by atoms with Crippen molar-refractivity contribution in [2.45, 2.75) is 11.8 Å². The molecule has 0 saturated carbocycles. The third kappa shape index (κ3) is 1.72. The Morgan fingerprint density at radius 2 is 1.62 bits per heavy atom. The van der Waals surface area contributed by atoms with Crippen LogP contribution in [0.3, 0.4) is 0 Å². The largest absolute Gasteiger partial charge is 0.205 e. The molecular formula is C8H6BrF3S. The van der Waals surface area contributed by atoms with Gasteiger partial charge in [-0.3, -0.25) is 0 Å². The van der Waals surface area contributed by atoms with E-state index in [-0.39, 0.29) is 14.9 Å². The van der Waals surface area contributed by atoms with Gasteiger partial charge in [-0.25, -0.2) is 13.2 Å². The van der Waals surface area contributed by atoms with Gasteiger partial charge in [-0.05, 0) is 29.1 Å². The third-order valence-electron chi connectivity index (χ3n) is 1.65. The van der Waals surface area contributed by atoms with Gasteiger partial charge in [-0.15, -0.1) is 11.8 Å². The zero-order valence-corrected chi connectivity index (χ0v) is 9.32. The molecular weight excluding hydrogens is 265 g/mol. The van der Waals surface area contributed by atoms with Gasteiger partial charge in [0.15, 0.2) is 11.6 Å². The normalized spacial score (nSPS) is 10.6. The summed E-state index contributed by atoms with van der Waals surface area (Å²) in [5.74, 6) is -2.89. The van der Waals surface area contributed by atoms with Gasteiger partial charge in [-0.2, -0.15) is 0 Å². The van der Waals surface area contributed by atoms with E-state index in [9.17, 15) is 13.2 Å². The molecule has 0 spiro atoms. The molecule has 0 nitrogen and oxygen atoms in total. The first-order valence-corrected chi connectivity index (χ1v) is 5.39. The van der Waals surface area contributed by atoms with Crippen LogP contribution in [-0.2, 0) is 0 Å². The second kappa shape index (κ2) is 3.92. The summed E-state index contributed by atoms with van der Waals surface area (Å²) in [6.07, 6.45) is 1.49. The fraction of sp³-hybridized carbons (Fsp3) is 0.250. The van der Waals surface area contributed by atoms with E-state index in [0.717, 1.165) is 11.8 Å². The number of rotatable bonds is 1. The molecule has 0 unspecified atom stereocenters. The van der Waals surface area contributed by atoms with E-state index in [1.54, 1.807) is 0 Å². The Labute approximate surface area is 86.6 Å². The molecule has 5 heteroatoms. The Balaban J connectivity index is 3.56. The van der Waals surface area contributed by atoms with Crippen LogP contribution in [0.2, 0.25) is 0 Å². The van der Waals surface area contributed by atoms with Gasteiger partial charge < -0.3 is 0 Å². The first-order chi connectivity index (χ1) is 6.00. The van der Waals surface area contributed by atoms with Crippen LogP contribution < -0.4 is 0 Å². The minimum absolute atomic E-state index is 0.0863. The van der Waals surface area contributed by atoms with Gasteiger partial charge in [0.2, 0.25) is 0 Å². The number of benzene rings is 1.